The lowest BCUT2D eigenvalue weighted by molar-refractivity contribution is -0.134. The predicted octanol–water partition coefficient (Wildman–Crippen LogP) is 2.52. The number of piperazine rings is 2. The van der Waals surface area contributed by atoms with Crippen LogP contribution in [0.5, 0.6) is 0 Å². The maximum Gasteiger partial charge on any atom is 0.236 e. The van der Waals surface area contributed by atoms with Crippen LogP contribution in [0, 0.1) is 0 Å². The third-order valence-corrected chi connectivity index (χ3v) is 7.61. The van der Waals surface area contributed by atoms with Gasteiger partial charge >= 0.3 is 0 Å². The van der Waals surface area contributed by atoms with Gasteiger partial charge < -0.3 is 9.80 Å². The molecule has 3 fully saturated rings. The quantitative estimate of drug-likeness (QED) is 0.677. The average Bonchev–Trinajstić information content (AvgIpc) is 2.84. The molecular weight excluding hydrogens is 412 g/mol. The molecule has 2 aromatic rings. The molecule has 3 heterocycles. The molecule has 2 saturated heterocycles. The van der Waals surface area contributed by atoms with Crippen LogP contribution in [0.3, 0.4) is 0 Å². The van der Waals surface area contributed by atoms with Crippen LogP contribution in [0.4, 0.5) is 5.82 Å². The zero-order chi connectivity index (χ0) is 22.6. The van der Waals surface area contributed by atoms with Gasteiger partial charge in [-0.05, 0) is 24.8 Å². The van der Waals surface area contributed by atoms with Crippen LogP contribution in [0.15, 0.2) is 36.7 Å². The molecule has 1 saturated carbocycles. The van der Waals surface area contributed by atoms with Crippen LogP contribution in [0.1, 0.15) is 31.7 Å². The van der Waals surface area contributed by atoms with Crippen LogP contribution in [0.25, 0.3) is 11.3 Å². The number of hydrogen-bond donors (Lipinski definition) is 0. The number of hydrogen-bond acceptors (Lipinski definition) is 6. The second-order valence-corrected chi connectivity index (χ2v) is 9.57. The maximum absolute atomic E-state index is 12.8. The molecule has 1 aromatic heterocycles. The second-order valence-electron chi connectivity index (χ2n) is 9.57. The summed E-state index contributed by atoms with van der Waals surface area (Å²) in [5, 5.41) is 0. The van der Waals surface area contributed by atoms with Crippen molar-refractivity contribution in [1.29, 1.82) is 0 Å². The first-order chi connectivity index (χ1) is 16.2. The third-order valence-electron chi connectivity index (χ3n) is 7.61. The largest absolute Gasteiger partial charge is 0.353 e. The Balaban J connectivity index is 1.08. The van der Waals surface area contributed by atoms with E-state index in [0.29, 0.717) is 6.54 Å². The fraction of sp³-hybridized carbons (Fsp3) is 0.577. The van der Waals surface area contributed by atoms with Crippen molar-refractivity contribution < 1.29 is 4.79 Å². The molecule has 0 radical (unpaired) electrons. The van der Waals surface area contributed by atoms with Gasteiger partial charge in [0.15, 0.2) is 0 Å². The molecule has 5 rings (SSSR count). The lowest BCUT2D eigenvalue weighted by Gasteiger charge is -2.43. The Bertz CT molecular complexity index is 911. The van der Waals surface area contributed by atoms with Gasteiger partial charge in [-0.1, -0.05) is 37.6 Å². The van der Waals surface area contributed by atoms with E-state index in [0.717, 1.165) is 81.9 Å². The Morgan fingerprint density at radius 1 is 0.909 bits per heavy atom. The zero-order valence-corrected chi connectivity index (χ0v) is 19.8. The number of rotatable bonds is 6. The van der Waals surface area contributed by atoms with Gasteiger partial charge in [-0.25, -0.2) is 4.98 Å². The molecule has 176 valence electrons. The van der Waals surface area contributed by atoms with Crippen LogP contribution < -0.4 is 4.90 Å². The average molecular weight is 449 g/mol. The van der Waals surface area contributed by atoms with Gasteiger partial charge in [0.25, 0.3) is 0 Å². The molecule has 0 atom stereocenters. The van der Waals surface area contributed by atoms with Gasteiger partial charge in [-0.3, -0.25) is 19.6 Å². The summed E-state index contributed by atoms with van der Waals surface area (Å²) in [5.74, 6) is 1.21. The fourth-order valence-corrected chi connectivity index (χ4v) is 5.06. The van der Waals surface area contributed by atoms with Crippen molar-refractivity contribution in [3.05, 3.63) is 42.2 Å². The summed E-state index contributed by atoms with van der Waals surface area (Å²) in [6.45, 7) is 10.1. The van der Waals surface area contributed by atoms with Crippen LogP contribution in [0.2, 0.25) is 0 Å². The minimum atomic E-state index is 0.287. The lowest BCUT2D eigenvalue weighted by atomic mass is 9.91. The molecule has 3 aliphatic rings. The smallest absolute Gasteiger partial charge is 0.236 e. The number of carbonyl (C=O) groups is 1. The number of benzene rings is 1. The first-order valence-electron chi connectivity index (χ1n) is 12.6. The van der Waals surface area contributed by atoms with E-state index in [1.807, 2.05) is 12.4 Å². The van der Waals surface area contributed by atoms with Crippen molar-refractivity contribution in [2.45, 2.75) is 38.6 Å². The van der Waals surface area contributed by atoms with E-state index < -0.39 is 0 Å². The summed E-state index contributed by atoms with van der Waals surface area (Å²) < 4.78 is 0. The topological polar surface area (TPSA) is 55.8 Å². The van der Waals surface area contributed by atoms with E-state index in [4.69, 9.17) is 0 Å². The van der Waals surface area contributed by atoms with Crippen LogP contribution in [-0.4, -0.2) is 95.5 Å². The molecule has 33 heavy (non-hydrogen) atoms. The molecule has 1 amide bonds. The maximum atomic E-state index is 12.8. The summed E-state index contributed by atoms with van der Waals surface area (Å²) in [4.78, 5) is 31.4. The molecule has 1 aliphatic carbocycles. The standard InChI is InChI=1S/C26H36N6O/c1-2-21-6-8-22(9-7-21)24-18-28-25(19-27-24)31-12-10-29(11-13-31)20-26(33)32-16-14-30(15-17-32)23-4-3-5-23/h6-9,18-19,23H,2-5,10-17,20H2,1H3. The van der Waals surface area contributed by atoms with Gasteiger partial charge in [0, 0.05) is 64.0 Å². The minimum Gasteiger partial charge on any atom is -0.353 e. The first-order valence-corrected chi connectivity index (χ1v) is 12.6. The van der Waals surface area contributed by atoms with Crippen molar-refractivity contribution in [3.63, 3.8) is 0 Å². The normalized spacial score (nSPS) is 20.6. The number of nitrogens with zero attached hydrogens (tertiary/aromatic N) is 6. The molecule has 0 spiro atoms. The Hall–Kier alpha value is -2.51. The number of amides is 1. The van der Waals surface area contributed by atoms with E-state index in [2.05, 4.69) is 60.8 Å². The summed E-state index contributed by atoms with van der Waals surface area (Å²) >= 11 is 0. The Labute approximate surface area is 197 Å². The first kappa shape index (κ1) is 22.3. The van der Waals surface area contributed by atoms with E-state index in [1.165, 1.54) is 24.8 Å². The second kappa shape index (κ2) is 10.2. The van der Waals surface area contributed by atoms with Crippen molar-refractivity contribution in [1.82, 2.24) is 24.7 Å². The molecule has 0 unspecified atom stereocenters. The highest BCUT2D eigenvalue weighted by Crippen LogP contribution is 2.25. The summed E-state index contributed by atoms with van der Waals surface area (Å²) in [5.41, 5.74) is 3.33. The van der Waals surface area contributed by atoms with Crippen LogP contribution in [-0.2, 0) is 11.2 Å². The lowest BCUT2D eigenvalue weighted by Crippen LogP contribution is -2.56. The van der Waals surface area contributed by atoms with E-state index in [1.54, 1.807) is 0 Å². The Kier molecular flexibility index (Phi) is 6.88. The Morgan fingerprint density at radius 3 is 2.21 bits per heavy atom. The van der Waals surface area contributed by atoms with Crippen molar-refractivity contribution >= 4 is 11.7 Å². The number of aryl methyl sites for hydroxylation is 1. The van der Waals surface area contributed by atoms with E-state index >= 15 is 0 Å². The highest BCUT2D eigenvalue weighted by molar-refractivity contribution is 5.78. The molecule has 7 heteroatoms. The minimum absolute atomic E-state index is 0.287. The van der Waals surface area contributed by atoms with E-state index in [-0.39, 0.29) is 5.91 Å². The highest BCUT2D eigenvalue weighted by atomic mass is 16.2. The predicted molar refractivity (Wildman–Crippen MR) is 131 cm³/mol. The number of anilines is 1. The molecule has 0 bridgehead atoms. The molecule has 7 nitrogen and oxygen atoms in total. The van der Waals surface area contributed by atoms with Gasteiger partial charge in [0.05, 0.1) is 24.6 Å². The van der Waals surface area contributed by atoms with Crippen LogP contribution >= 0.6 is 0 Å². The SMILES string of the molecule is CCc1ccc(-c2cnc(N3CCN(CC(=O)N4CCN(C5CCC5)CC4)CC3)cn2)cc1. The number of aromatic nitrogens is 2. The molecule has 0 N–H and O–H groups in total. The van der Waals surface area contributed by atoms with Crippen molar-refractivity contribution in [2.75, 3.05) is 63.8 Å². The van der Waals surface area contributed by atoms with Gasteiger partial charge in [-0.2, -0.15) is 0 Å². The van der Waals surface area contributed by atoms with Gasteiger partial charge in [0.1, 0.15) is 5.82 Å². The monoisotopic (exact) mass is 448 g/mol. The van der Waals surface area contributed by atoms with Crippen molar-refractivity contribution in [3.8, 4) is 11.3 Å². The molecule has 1 aromatic carbocycles. The highest BCUT2D eigenvalue weighted by Gasteiger charge is 2.30. The summed E-state index contributed by atoms with van der Waals surface area (Å²) in [7, 11) is 0. The van der Waals surface area contributed by atoms with E-state index in [9.17, 15) is 4.79 Å². The summed E-state index contributed by atoms with van der Waals surface area (Å²) in [6.07, 6.45) is 8.85. The fourth-order valence-electron chi connectivity index (χ4n) is 5.06. The van der Waals surface area contributed by atoms with Gasteiger partial charge in [-0.15, -0.1) is 0 Å². The number of carbonyl (C=O) groups excluding carboxylic acids is 1. The van der Waals surface area contributed by atoms with Gasteiger partial charge in [0.2, 0.25) is 5.91 Å². The summed E-state index contributed by atoms with van der Waals surface area (Å²) in [6, 6.07) is 9.32. The Morgan fingerprint density at radius 2 is 1.64 bits per heavy atom. The molecular formula is C26H36N6O. The molecule has 2 aliphatic heterocycles. The van der Waals surface area contributed by atoms with Crippen molar-refractivity contribution in [2.24, 2.45) is 0 Å². The third kappa shape index (κ3) is 5.20. The zero-order valence-electron chi connectivity index (χ0n) is 19.8.